The zero-order chi connectivity index (χ0) is 13.1. The van der Waals surface area contributed by atoms with Crippen LogP contribution in [-0.2, 0) is 0 Å². The van der Waals surface area contributed by atoms with E-state index in [1.54, 1.807) is 0 Å². The van der Waals surface area contributed by atoms with Crippen molar-refractivity contribution >= 4 is 11.5 Å². The fourth-order valence-corrected chi connectivity index (χ4v) is 2.98. The number of nitrogens with two attached hydrogens (primary N) is 1. The van der Waals surface area contributed by atoms with E-state index in [9.17, 15) is 0 Å². The molecule has 0 bridgehead atoms. The van der Waals surface area contributed by atoms with Gasteiger partial charge in [-0.2, -0.15) is 0 Å². The van der Waals surface area contributed by atoms with Crippen LogP contribution in [0.5, 0.6) is 0 Å². The Morgan fingerprint density at radius 1 is 1.44 bits per heavy atom. The Bertz CT molecular complexity index is 439. The Labute approximate surface area is 109 Å². The zero-order valence-corrected chi connectivity index (χ0v) is 11.4. The summed E-state index contributed by atoms with van der Waals surface area (Å²) >= 11 is 0. The molecule has 1 atom stereocenters. The normalized spacial score (nSPS) is 19.9. The van der Waals surface area contributed by atoms with Crippen LogP contribution >= 0.6 is 0 Å². The number of piperidine rings is 1. The van der Waals surface area contributed by atoms with Crippen molar-refractivity contribution in [3.05, 3.63) is 29.3 Å². The summed E-state index contributed by atoms with van der Waals surface area (Å²) in [5.74, 6) is 0.175. The first-order valence-corrected chi connectivity index (χ1v) is 6.85. The first-order valence-electron chi connectivity index (χ1n) is 6.85. The van der Waals surface area contributed by atoms with E-state index >= 15 is 0 Å². The molecular formula is C15H23N3. The third-order valence-corrected chi connectivity index (χ3v) is 3.91. The van der Waals surface area contributed by atoms with E-state index in [0.29, 0.717) is 6.04 Å². The van der Waals surface area contributed by atoms with Gasteiger partial charge in [-0.05, 0) is 44.2 Å². The number of benzene rings is 1. The lowest BCUT2D eigenvalue weighted by Gasteiger charge is -2.39. The molecule has 98 valence electrons. The zero-order valence-electron chi connectivity index (χ0n) is 11.4. The maximum atomic E-state index is 7.77. The minimum atomic E-state index is 0.175. The summed E-state index contributed by atoms with van der Waals surface area (Å²) in [5, 5.41) is 7.77. The van der Waals surface area contributed by atoms with Crippen LogP contribution in [0, 0.1) is 12.3 Å². The summed E-state index contributed by atoms with van der Waals surface area (Å²) in [7, 11) is 0. The number of anilines is 1. The van der Waals surface area contributed by atoms with E-state index < -0.39 is 0 Å². The number of hydrogen-bond acceptors (Lipinski definition) is 2. The number of nitrogen functional groups attached to an aromatic ring is 1. The van der Waals surface area contributed by atoms with Crippen molar-refractivity contribution in [2.75, 3.05) is 11.4 Å². The molecule has 1 aromatic carbocycles. The lowest BCUT2D eigenvalue weighted by molar-refractivity contribution is 0.449. The molecule has 2 rings (SSSR count). The van der Waals surface area contributed by atoms with Crippen molar-refractivity contribution < 1.29 is 0 Å². The number of rotatable bonds is 3. The van der Waals surface area contributed by atoms with Crippen molar-refractivity contribution in [2.24, 2.45) is 5.73 Å². The highest BCUT2D eigenvalue weighted by atomic mass is 15.2. The average Bonchev–Trinajstić information content (AvgIpc) is 2.38. The quantitative estimate of drug-likeness (QED) is 0.635. The summed E-state index contributed by atoms with van der Waals surface area (Å²) < 4.78 is 0. The van der Waals surface area contributed by atoms with E-state index in [1.807, 2.05) is 12.1 Å². The largest absolute Gasteiger partial charge is 0.384 e. The van der Waals surface area contributed by atoms with E-state index in [4.69, 9.17) is 11.1 Å². The molecule has 0 amide bonds. The second-order valence-electron chi connectivity index (χ2n) is 5.14. The fraction of sp³-hybridized carbons (Fsp3) is 0.533. The predicted octanol–water partition coefficient (Wildman–Crippen LogP) is 3.05. The fourth-order valence-electron chi connectivity index (χ4n) is 2.98. The maximum Gasteiger partial charge on any atom is 0.124 e. The summed E-state index contributed by atoms with van der Waals surface area (Å²) in [5.41, 5.74) is 9.02. The third kappa shape index (κ3) is 2.35. The third-order valence-electron chi connectivity index (χ3n) is 3.91. The van der Waals surface area contributed by atoms with Crippen LogP contribution in [-0.4, -0.2) is 18.4 Å². The molecule has 1 unspecified atom stereocenters. The van der Waals surface area contributed by atoms with Crippen molar-refractivity contribution in [1.29, 1.82) is 5.41 Å². The molecule has 1 aromatic rings. The molecule has 1 heterocycles. The Morgan fingerprint density at radius 3 is 2.89 bits per heavy atom. The van der Waals surface area contributed by atoms with Crippen molar-refractivity contribution in [1.82, 2.24) is 0 Å². The molecule has 18 heavy (non-hydrogen) atoms. The van der Waals surface area contributed by atoms with Gasteiger partial charge in [-0.25, -0.2) is 0 Å². The molecule has 0 aliphatic carbocycles. The monoisotopic (exact) mass is 245 g/mol. The number of nitrogens with one attached hydrogen (secondary N) is 1. The van der Waals surface area contributed by atoms with Crippen LogP contribution in [0.1, 0.15) is 43.7 Å². The van der Waals surface area contributed by atoms with Gasteiger partial charge in [0.15, 0.2) is 0 Å². The summed E-state index contributed by atoms with van der Waals surface area (Å²) in [6.07, 6.45) is 4.96. The minimum absolute atomic E-state index is 0.175. The highest BCUT2D eigenvalue weighted by Gasteiger charge is 2.24. The highest BCUT2D eigenvalue weighted by molar-refractivity contribution is 6.01. The molecule has 1 saturated heterocycles. The Balaban J connectivity index is 2.44. The van der Waals surface area contributed by atoms with E-state index in [-0.39, 0.29) is 5.84 Å². The molecule has 0 radical (unpaired) electrons. The Morgan fingerprint density at radius 2 is 2.22 bits per heavy atom. The number of aryl methyl sites for hydroxylation is 1. The van der Waals surface area contributed by atoms with Gasteiger partial charge in [0.1, 0.15) is 5.84 Å². The van der Waals surface area contributed by atoms with E-state index in [1.165, 1.54) is 30.5 Å². The van der Waals surface area contributed by atoms with Gasteiger partial charge in [0.05, 0.1) is 5.69 Å². The van der Waals surface area contributed by atoms with Gasteiger partial charge in [-0.15, -0.1) is 0 Å². The molecule has 0 aromatic heterocycles. The number of hydrogen-bond donors (Lipinski definition) is 2. The lowest BCUT2D eigenvalue weighted by atomic mass is 9.96. The molecule has 3 N–H and O–H groups in total. The molecule has 1 aliphatic rings. The summed E-state index contributed by atoms with van der Waals surface area (Å²) in [4.78, 5) is 2.47. The van der Waals surface area contributed by atoms with Gasteiger partial charge in [-0.3, -0.25) is 5.41 Å². The molecule has 3 nitrogen and oxygen atoms in total. The molecule has 3 heteroatoms. The van der Waals surface area contributed by atoms with Crippen LogP contribution in [0.25, 0.3) is 0 Å². The first kappa shape index (κ1) is 12.9. The molecule has 1 aliphatic heterocycles. The Hall–Kier alpha value is -1.51. The summed E-state index contributed by atoms with van der Waals surface area (Å²) in [6.45, 7) is 5.45. The smallest absolute Gasteiger partial charge is 0.124 e. The molecule has 0 saturated carbocycles. The first-order chi connectivity index (χ1) is 8.65. The van der Waals surface area contributed by atoms with Crippen LogP contribution in [0.15, 0.2) is 18.2 Å². The second-order valence-corrected chi connectivity index (χ2v) is 5.14. The average molecular weight is 245 g/mol. The van der Waals surface area contributed by atoms with Crippen LogP contribution in [0.3, 0.4) is 0 Å². The molecule has 0 spiro atoms. The molecular weight excluding hydrogens is 222 g/mol. The predicted molar refractivity (Wildman–Crippen MR) is 77.5 cm³/mol. The van der Waals surface area contributed by atoms with Crippen LogP contribution in [0.4, 0.5) is 5.69 Å². The lowest BCUT2D eigenvalue weighted by Crippen LogP contribution is -2.40. The van der Waals surface area contributed by atoms with Gasteiger partial charge in [0.2, 0.25) is 0 Å². The van der Waals surface area contributed by atoms with Gasteiger partial charge >= 0.3 is 0 Å². The highest BCUT2D eigenvalue weighted by Crippen LogP contribution is 2.31. The van der Waals surface area contributed by atoms with Crippen molar-refractivity contribution in [3.8, 4) is 0 Å². The number of para-hydroxylation sites is 1. The summed E-state index contributed by atoms with van der Waals surface area (Å²) in [6, 6.07) is 6.66. The van der Waals surface area contributed by atoms with Gasteiger partial charge in [-0.1, -0.05) is 19.1 Å². The van der Waals surface area contributed by atoms with Gasteiger partial charge in [0.25, 0.3) is 0 Å². The minimum Gasteiger partial charge on any atom is -0.384 e. The number of amidine groups is 1. The molecule has 1 fully saturated rings. The van der Waals surface area contributed by atoms with E-state index in [2.05, 4.69) is 24.8 Å². The van der Waals surface area contributed by atoms with Crippen molar-refractivity contribution in [2.45, 2.75) is 45.6 Å². The van der Waals surface area contributed by atoms with Crippen LogP contribution < -0.4 is 10.6 Å². The van der Waals surface area contributed by atoms with E-state index in [0.717, 1.165) is 18.5 Å². The SMILES string of the molecule is CCC1CCCCN1c1c(C)cccc1C(=N)N. The second kappa shape index (κ2) is 5.42. The standard InChI is InChI=1S/C15H23N3/c1-3-12-8-4-5-10-18(12)14-11(2)7-6-9-13(14)15(16)17/h6-7,9,12H,3-5,8,10H2,1-2H3,(H3,16,17). The maximum absolute atomic E-state index is 7.77. The van der Waals surface area contributed by atoms with Gasteiger partial charge < -0.3 is 10.6 Å². The Kier molecular flexibility index (Phi) is 3.90. The topological polar surface area (TPSA) is 53.1 Å². The van der Waals surface area contributed by atoms with Gasteiger partial charge in [0, 0.05) is 18.2 Å². The number of nitrogens with zero attached hydrogens (tertiary/aromatic N) is 1. The van der Waals surface area contributed by atoms with Crippen molar-refractivity contribution in [3.63, 3.8) is 0 Å². The van der Waals surface area contributed by atoms with Crippen LogP contribution in [0.2, 0.25) is 0 Å².